The fraction of sp³-hybridized carbons (Fsp3) is 0.324. The number of hydrogen-bond donors (Lipinski definition) is 2. The second kappa shape index (κ2) is 12.9. The van der Waals surface area contributed by atoms with E-state index >= 15 is 0 Å². The first-order chi connectivity index (χ1) is 20.0. The number of aromatic amines is 1. The number of rotatable bonds is 10. The van der Waals surface area contributed by atoms with Gasteiger partial charge in [0.15, 0.2) is 5.78 Å². The van der Waals surface area contributed by atoms with E-state index in [-0.39, 0.29) is 30.1 Å². The summed E-state index contributed by atoms with van der Waals surface area (Å²) < 4.78 is 5.98. The number of ether oxygens (including phenoxy) is 1. The number of aromatic nitrogens is 1. The molecule has 41 heavy (non-hydrogen) atoms. The van der Waals surface area contributed by atoms with Crippen molar-refractivity contribution in [3.8, 4) is 5.75 Å². The SMILES string of the molecule is CCOc1ccccc1[C@@H](C(=O)NC1CCCCC1)N(C(=O)Cc1c[nH]c2ccccc12)c1ccccc1C(C)=O. The number of fused-ring (bicyclic) bond motifs is 1. The average Bonchev–Trinajstić information content (AvgIpc) is 3.39. The molecule has 0 unspecified atom stereocenters. The molecule has 4 aromatic rings. The van der Waals surface area contributed by atoms with Gasteiger partial charge in [0, 0.05) is 34.3 Å². The van der Waals surface area contributed by atoms with Crippen molar-refractivity contribution in [2.24, 2.45) is 0 Å². The van der Waals surface area contributed by atoms with Crippen LogP contribution in [0.15, 0.2) is 79.0 Å². The summed E-state index contributed by atoms with van der Waals surface area (Å²) in [5.74, 6) is -0.229. The number of Topliss-reactive ketones (excluding diaryl/α,β-unsaturated/α-hetero) is 1. The van der Waals surface area contributed by atoms with E-state index in [1.54, 1.807) is 24.3 Å². The Morgan fingerprint density at radius 2 is 1.66 bits per heavy atom. The molecule has 1 fully saturated rings. The normalized spacial score (nSPS) is 14.4. The molecule has 7 heteroatoms. The summed E-state index contributed by atoms with van der Waals surface area (Å²) in [5.41, 5.74) is 3.11. The maximum absolute atomic E-state index is 14.5. The summed E-state index contributed by atoms with van der Waals surface area (Å²) in [6.45, 7) is 3.77. The smallest absolute Gasteiger partial charge is 0.248 e. The van der Waals surface area contributed by atoms with Crippen LogP contribution in [0.2, 0.25) is 0 Å². The standard InChI is InChI=1S/C34H37N3O4/c1-3-41-31-20-12-9-17-28(31)33(34(40)36-25-13-5-4-6-14-25)37(30-19-11-8-15-26(30)23(2)38)32(39)21-24-22-35-29-18-10-7-16-27(24)29/h7-12,15-20,22,25,33,35H,3-6,13-14,21H2,1-2H3,(H,36,40)/t33-/m0/s1. The van der Waals surface area contributed by atoms with Gasteiger partial charge in [-0.3, -0.25) is 19.3 Å². The van der Waals surface area contributed by atoms with E-state index in [9.17, 15) is 14.4 Å². The Bertz CT molecular complexity index is 1540. The molecule has 1 heterocycles. The van der Waals surface area contributed by atoms with Gasteiger partial charge in [-0.05, 0) is 56.5 Å². The number of ketones is 1. The highest BCUT2D eigenvalue weighted by Gasteiger charge is 2.37. The van der Waals surface area contributed by atoms with Crippen LogP contribution in [0.4, 0.5) is 5.69 Å². The number of nitrogens with one attached hydrogen (secondary N) is 2. The highest BCUT2D eigenvalue weighted by Crippen LogP contribution is 2.36. The van der Waals surface area contributed by atoms with Crippen molar-refractivity contribution in [1.82, 2.24) is 10.3 Å². The van der Waals surface area contributed by atoms with Crippen LogP contribution in [-0.4, -0.2) is 35.2 Å². The second-order valence-corrected chi connectivity index (χ2v) is 10.6. The minimum absolute atomic E-state index is 0.0339. The Morgan fingerprint density at radius 3 is 2.44 bits per heavy atom. The van der Waals surface area contributed by atoms with Gasteiger partial charge in [-0.25, -0.2) is 0 Å². The monoisotopic (exact) mass is 551 g/mol. The number of para-hydroxylation sites is 3. The highest BCUT2D eigenvalue weighted by molar-refractivity contribution is 6.09. The third-order valence-electron chi connectivity index (χ3n) is 7.80. The van der Waals surface area contributed by atoms with Crippen molar-refractivity contribution < 1.29 is 19.1 Å². The minimum atomic E-state index is -1.04. The lowest BCUT2D eigenvalue weighted by Gasteiger charge is -2.35. The van der Waals surface area contributed by atoms with Crippen LogP contribution in [0.3, 0.4) is 0 Å². The first-order valence-corrected chi connectivity index (χ1v) is 14.5. The molecule has 0 spiro atoms. The molecule has 0 saturated heterocycles. The molecule has 1 aliphatic carbocycles. The van der Waals surface area contributed by atoms with Crippen molar-refractivity contribution in [2.45, 2.75) is 64.5 Å². The van der Waals surface area contributed by atoms with Gasteiger partial charge in [0.25, 0.3) is 0 Å². The lowest BCUT2D eigenvalue weighted by Crippen LogP contribution is -2.48. The number of benzene rings is 3. The number of hydrogen-bond acceptors (Lipinski definition) is 4. The first-order valence-electron chi connectivity index (χ1n) is 14.5. The van der Waals surface area contributed by atoms with E-state index in [0.717, 1.165) is 48.6 Å². The van der Waals surface area contributed by atoms with Gasteiger partial charge in [-0.1, -0.05) is 67.8 Å². The summed E-state index contributed by atoms with van der Waals surface area (Å²) >= 11 is 0. The molecule has 7 nitrogen and oxygen atoms in total. The van der Waals surface area contributed by atoms with Gasteiger partial charge in [0.05, 0.1) is 18.7 Å². The van der Waals surface area contributed by atoms with Crippen LogP contribution in [0.1, 0.15) is 73.5 Å². The molecule has 0 bridgehead atoms. The van der Waals surface area contributed by atoms with Gasteiger partial charge < -0.3 is 15.0 Å². The Kier molecular flexibility index (Phi) is 8.82. The van der Waals surface area contributed by atoms with Gasteiger partial charge in [0.1, 0.15) is 11.8 Å². The highest BCUT2D eigenvalue weighted by atomic mass is 16.5. The molecular formula is C34H37N3O4. The van der Waals surface area contributed by atoms with E-state index in [1.165, 1.54) is 11.8 Å². The Hall–Kier alpha value is -4.39. The summed E-state index contributed by atoms with van der Waals surface area (Å²) in [7, 11) is 0. The van der Waals surface area contributed by atoms with E-state index in [2.05, 4.69) is 10.3 Å². The van der Waals surface area contributed by atoms with Gasteiger partial charge >= 0.3 is 0 Å². The predicted molar refractivity (Wildman–Crippen MR) is 161 cm³/mol. The summed E-state index contributed by atoms with van der Waals surface area (Å²) in [4.78, 5) is 46.4. The van der Waals surface area contributed by atoms with Crippen LogP contribution in [0.25, 0.3) is 10.9 Å². The van der Waals surface area contributed by atoms with Gasteiger partial charge in [0.2, 0.25) is 11.8 Å². The molecule has 212 valence electrons. The summed E-state index contributed by atoms with van der Waals surface area (Å²) in [5, 5.41) is 4.19. The fourth-order valence-electron chi connectivity index (χ4n) is 5.84. The summed E-state index contributed by atoms with van der Waals surface area (Å²) in [6, 6.07) is 21.2. The zero-order valence-corrected chi connectivity index (χ0v) is 23.7. The zero-order valence-electron chi connectivity index (χ0n) is 23.7. The Labute approximate surface area is 240 Å². The zero-order chi connectivity index (χ0) is 28.8. The van der Waals surface area contributed by atoms with Gasteiger partial charge in [-0.2, -0.15) is 0 Å². The predicted octanol–water partition coefficient (Wildman–Crippen LogP) is 6.54. The number of anilines is 1. The number of nitrogens with zero attached hydrogens (tertiary/aromatic N) is 1. The molecule has 3 aromatic carbocycles. The first kappa shape index (κ1) is 28.1. The van der Waals surface area contributed by atoms with Crippen molar-refractivity contribution >= 4 is 34.2 Å². The van der Waals surface area contributed by atoms with Crippen LogP contribution in [-0.2, 0) is 16.0 Å². The van der Waals surface area contributed by atoms with E-state index in [4.69, 9.17) is 4.74 Å². The minimum Gasteiger partial charge on any atom is -0.493 e. The Morgan fingerprint density at radius 1 is 0.951 bits per heavy atom. The third kappa shape index (κ3) is 6.19. The molecule has 5 rings (SSSR count). The van der Waals surface area contributed by atoms with E-state index in [1.807, 2.05) is 61.7 Å². The topological polar surface area (TPSA) is 91.5 Å². The number of carbonyl (C=O) groups excluding carboxylic acids is 3. The molecule has 1 saturated carbocycles. The molecule has 1 atom stereocenters. The van der Waals surface area contributed by atoms with Crippen LogP contribution >= 0.6 is 0 Å². The molecular weight excluding hydrogens is 514 g/mol. The van der Waals surface area contributed by atoms with Crippen molar-refractivity contribution in [3.63, 3.8) is 0 Å². The maximum atomic E-state index is 14.5. The fourth-order valence-corrected chi connectivity index (χ4v) is 5.84. The van der Waals surface area contributed by atoms with Gasteiger partial charge in [-0.15, -0.1) is 0 Å². The van der Waals surface area contributed by atoms with E-state index < -0.39 is 6.04 Å². The molecule has 1 aromatic heterocycles. The third-order valence-corrected chi connectivity index (χ3v) is 7.80. The largest absolute Gasteiger partial charge is 0.493 e. The lowest BCUT2D eigenvalue weighted by molar-refractivity contribution is -0.127. The number of carbonyl (C=O) groups is 3. The van der Waals surface area contributed by atoms with Crippen molar-refractivity contribution in [2.75, 3.05) is 11.5 Å². The molecule has 2 N–H and O–H groups in total. The maximum Gasteiger partial charge on any atom is 0.248 e. The van der Waals surface area contributed by atoms with E-state index in [0.29, 0.717) is 29.2 Å². The second-order valence-electron chi connectivity index (χ2n) is 10.6. The summed E-state index contributed by atoms with van der Waals surface area (Å²) in [6.07, 6.45) is 6.95. The molecule has 1 aliphatic rings. The Balaban J connectivity index is 1.65. The number of H-pyrrole nitrogens is 1. The lowest BCUT2D eigenvalue weighted by atomic mass is 9.94. The van der Waals surface area contributed by atoms with Crippen LogP contribution in [0.5, 0.6) is 5.75 Å². The molecule has 0 aliphatic heterocycles. The van der Waals surface area contributed by atoms with Crippen molar-refractivity contribution in [1.29, 1.82) is 0 Å². The number of amides is 2. The molecule has 0 radical (unpaired) electrons. The average molecular weight is 552 g/mol. The van der Waals surface area contributed by atoms with Crippen molar-refractivity contribution in [3.05, 3.63) is 95.7 Å². The van der Waals surface area contributed by atoms with Crippen LogP contribution < -0.4 is 15.0 Å². The van der Waals surface area contributed by atoms with Crippen LogP contribution in [0, 0.1) is 0 Å². The molecule has 2 amide bonds. The quantitative estimate of drug-likeness (QED) is 0.219.